The van der Waals surface area contributed by atoms with Crippen LogP contribution in [-0.2, 0) is 0 Å². The van der Waals surface area contributed by atoms with Crippen LogP contribution in [0.15, 0.2) is 18.2 Å². The van der Waals surface area contributed by atoms with E-state index in [-0.39, 0.29) is 0 Å². The number of hydrogen-bond acceptors (Lipinski definition) is 1. The third-order valence-corrected chi connectivity index (χ3v) is 4.51. The van der Waals surface area contributed by atoms with Gasteiger partial charge in [-0.15, -0.1) is 0 Å². The van der Waals surface area contributed by atoms with Crippen LogP contribution in [0.2, 0.25) is 10.0 Å². The first-order chi connectivity index (χ1) is 8.72. The Morgan fingerprint density at radius 3 is 2.61 bits per heavy atom. The minimum Gasteiger partial charge on any atom is -0.316 e. The molecule has 1 N–H and O–H groups in total. The first kappa shape index (κ1) is 14.2. The van der Waals surface area contributed by atoms with Gasteiger partial charge in [0.15, 0.2) is 0 Å². The van der Waals surface area contributed by atoms with E-state index in [1.54, 1.807) is 0 Å². The molecule has 0 saturated heterocycles. The van der Waals surface area contributed by atoms with Crippen LogP contribution >= 0.6 is 23.2 Å². The van der Waals surface area contributed by atoms with Gasteiger partial charge in [-0.1, -0.05) is 49.0 Å². The van der Waals surface area contributed by atoms with Crippen LogP contribution in [0.1, 0.15) is 44.1 Å². The molecule has 0 amide bonds. The molecule has 1 unspecified atom stereocenters. The number of likely N-dealkylation sites (N-methyl/N-ethyl adjacent to an activating group) is 1. The van der Waals surface area contributed by atoms with Crippen molar-refractivity contribution in [3.8, 4) is 0 Å². The summed E-state index contributed by atoms with van der Waals surface area (Å²) in [4.78, 5) is 0. The summed E-state index contributed by atoms with van der Waals surface area (Å²) in [6.07, 6.45) is 5.38. The van der Waals surface area contributed by atoms with Crippen LogP contribution in [0.3, 0.4) is 0 Å². The Balaban J connectivity index is 2.20. The van der Waals surface area contributed by atoms with E-state index in [4.69, 9.17) is 23.2 Å². The van der Waals surface area contributed by atoms with Crippen LogP contribution < -0.4 is 5.32 Å². The molecular formula is C15H21Cl2N. The zero-order chi connectivity index (χ0) is 13.0. The van der Waals surface area contributed by atoms with E-state index in [0.29, 0.717) is 5.92 Å². The predicted molar refractivity (Wildman–Crippen MR) is 79.7 cm³/mol. The summed E-state index contributed by atoms with van der Waals surface area (Å²) in [5.74, 6) is 1.29. The van der Waals surface area contributed by atoms with E-state index < -0.39 is 0 Å². The van der Waals surface area contributed by atoms with Gasteiger partial charge in [0, 0.05) is 22.5 Å². The summed E-state index contributed by atoms with van der Waals surface area (Å²) in [7, 11) is 0. The lowest BCUT2D eigenvalue weighted by molar-refractivity contribution is 0.414. The molecule has 1 aromatic carbocycles. The monoisotopic (exact) mass is 285 g/mol. The molecular weight excluding hydrogens is 265 g/mol. The zero-order valence-corrected chi connectivity index (χ0v) is 12.4. The van der Waals surface area contributed by atoms with Crippen LogP contribution in [0.25, 0.3) is 0 Å². The fourth-order valence-corrected chi connectivity index (χ4v) is 3.54. The molecule has 0 spiro atoms. The second-order valence-electron chi connectivity index (χ2n) is 5.12. The van der Waals surface area contributed by atoms with E-state index >= 15 is 0 Å². The smallest absolute Gasteiger partial charge is 0.0456 e. The fourth-order valence-electron chi connectivity index (χ4n) is 2.99. The standard InChI is InChI=1S/C15H21Cl2N/c1-2-18-10-14(11-5-3-4-6-11)13-8-7-12(16)9-15(13)17/h7-9,11,14,18H,2-6,10H2,1H3. The molecule has 18 heavy (non-hydrogen) atoms. The average molecular weight is 286 g/mol. The second kappa shape index (κ2) is 6.79. The summed E-state index contributed by atoms with van der Waals surface area (Å²) >= 11 is 12.4. The summed E-state index contributed by atoms with van der Waals surface area (Å²) in [6.45, 7) is 4.17. The van der Waals surface area contributed by atoms with Gasteiger partial charge in [0.1, 0.15) is 0 Å². The Morgan fingerprint density at radius 2 is 2.00 bits per heavy atom. The lowest BCUT2D eigenvalue weighted by atomic mass is 9.84. The van der Waals surface area contributed by atoms with Crippen molar-refractivity contribution in [3.05, 3.63) is 33.8 Å². The van der Waals surface area contributed by atoms with Crippen molar-refractivity contribution in [2.45, 2.75) is 38.5 Å². The second-order valence-corrected chi connectivity index (χ2v) is 5.97. The Labute approximate surface area is 120 Å². The molecule has 1 atom stereocenters. The molecule has 3 heteroatoms. The van der Waals surface area contributed by atoms with Crippen molar-refractivity contribution < 1.29 is 0 Å². The van der Waals surface area contributed by atoms with E-state index in [9.17, 15) is 0 Å². The SMILES string of the molecule is CCNCC(c1ccc(Cl)cc1Cl)C1CCCC1. The molecule has 0 heterocycles. The molecule has 100 valence electrons. The molecule has 1 nitrogen and oxygen atoms in total. The summed E-state index contributed by atoms with van der Waals surface area (Å²) in [5, 5.41) is 5.01. The molecule has 0 radical (unpaired) electrons. The number of rotatable bonds is 5. The number of halogens is 2. The quantitative estimate of drug-likeness (QED) is 0.813. The van der Waals surface area contributed by atoms with Crippen molar-refractivity contribution in [1.82, 2.24) is 5.32 Å². The van der Waals surface area contributed by atoms with Gasteiger partial charge in [0.2, 0.25) is 0 Å². The van der Waals surface area contributed by atoms with Crippen LogP contribution in [-0.4, -0.2) is 13.1 Å². The first-order valence-corrected chi connectivity index (χ1v) is 7.63. The van der Waals surface area contributed by atoms with Gasteiger partial charge < -0.3 is 5.32 Å². The largest absolute Gasteiger partial charge is 0.316 e. The van der Waals surface area contributed by atoms with Crippen LogP contribution in [0.5, 0.6) is 0 Å². The van der Waals surface area contributed by atoms with Gasteiger partial charge in [-0.05, 0) is 43.0 Å². The maximum Gasteiger partial charge on any atom is 0.0456 e. The van der Waals surface area contributed by atoms with E-state index in [2.05, 4.69) is 18.3 Å². The molecule has 1 saturated carbocycles. The number of benzene rings is 1. The van der Waals surface area contributed by atoms with Crippen molar-refractivity contribution in [2.24, 2.45) is 5.92 Å². The Morgan fingerprint density at radius 1 is 1.28 bits per heavy atom. The Hall–Kier alpha value is -0.240. The highest BCUT2D eigenvalue weighted by atomic mass is 35.5. The first-order valence-electron chi connectivity index (χ1n) is 6.88. The number of nitrogens with one attached hydrogen (secondary N) is 1. The minimum atomic E-state index is 0.525. The topological polar surface area (TPSA) is 12.0 Å². The summed E-state index contributed by atoms with van der Waals surface area (Å²) in [6, 6.07) is 5.92. The molecule has 1 aromatic rings. The van der Waals surface area contributed by atoms with Crippen molar-refractivity contribution in [1.29, 1.82) is 0 Å². The normalized spacial score (nSPS) is 18.2. The maximum atomic E-state index is 6.37. The average Bonchev–Trinajstić information content (AvgIpc) is 2.85. The lowest BCUT2D eigenvalue weighted by Crippen LogP contribution is -2.25. The highest BCUT2D eigenvalue weighted by Gasteiger charge is 2.27. The highest BCUT2D eigenvalue weighted by Crippen LogP contribution is 2.39. The maximum absolute atomic E-state index is 6.37. The third kappa shape index (κ3) is 3.40. The Kier molecular flexibility index (Phi) is 5.35. The van der Waals surface area contributed by atoms with Crippen LogP contribution in [0.4, 0.5) is 0 Å². The van der Waals surface area contributed by atoms with Crippen LogP contribution in [0, 0.1) is 5.92 Å². The predicted octanol–water partition coefficient (Wildman–Crippen LogP) is 4.88. The molecule has 0 bridgehead atoms. The zero-order valence-electron chi connectivity index (χ0n) is 10.9. The van der Waals surface area contributed by atoms with Gasteiger partial charge in [-0.25, -0.2) is 0 Å². The number of hydrogen-bond donors (Lipinski definition) is 1. The van der Waals surface area contributed by atoms with Gasteiger partial charge >= 0.3 is 0 Å². The molecule has 2 rings (SSSR count). The third-order valence-electron chi connectivity index (χ3n) is 3.95. The lowest BCUT2D eigenvalue weighted by Gasteiger charge is -2.25. The fraction of sp³-hybridized carbons (Fsp3) is 0.600. The highest BCUT2D eigenvalue weighted by molar-refractivity contribution is 6.35. The van der Waals surface area contributed by atoms with E-state index in [1.807, 2.05) is 12.1 Å². The molecule has 1 aliphatic rings. The summed E-state index contributed by atoms with van der Waals surface area (Å²) < 4.78 is 0. The van der Waals surface area contributed by atoms with Gasteiger partial charge in [0.05, 0.1) is 0 Å². The van der Waals surface area contributed by atoms with Crippen molar-refractivity contribution in [2.75, 3.05) is 13.1 Å². The van der Waals surface area contributed by atoms with Gasteiger partial charge in [-0.3, -0.25) is 0 Å². The molecule has 1 fully saturated rings. The molecule has 0 aliphatic heterocycles. The molecule has 0 aromatic heterocycles. The minimum absolute atomic E-state index is 0.525. The molecule has 1 aliphatic carbocycles. The summed E-state index contributed by atoms with van der Waals surface area (Å²) in [5.41, 5.74) is 1.26. The van der Waals surface area contributed by atoms with E-state index in [1.165, 1.54) is 31.2 Å². The Bertz CT molecular complexity index is 386. The van der Waals surface area contributed by atoms with Crippen molar-refractivity contribution in [3.63, 3.8) is 0 Å². The van der Waals surface area contributed by atoms with Gasteiger partial charge in [-0.2, -0.15) is 0 Å². The van der Waals surface area contributed by atoms with E-state index in [0.717, 1.165) is 29.1 Å². The van der Waals surface area contributed by atoms with Gasteiger partial charge in [0.25, 0.3) is 0 Å². The van der Waals surface area contributed by atoms with Crippen molar-refractivity contribution >= 4 is 23.2 Å².